The van der Waals surface area contributed by atoms with Crippen molar-refractivity contribution in [1.29, 1.82) is 0 Å². The summed E-state index contributed by atoms with van der Waals surface area (Å²) in [5.41, 5.74) is 2.55. The molecule has 226 valence electrons. The first-order valence-corrected chi connectivity index (χ1v) is 14.2. The fourth-order valence-electron chi connectivity index (χ4n) is 4.54. The van der Waals surface area contributed by atoms with E-state index in [1.165, 1.54) is 23.0 Å². The van der Waals surface area contributed by atoms with Crippen molar-refractivity contribution in [3.63, 3.8) is 0 Å². The molecule has 0 radical (unpaired) electrons. The van der Waals surface area contributed by atoms with E-state index in [0.29, 0.717) is 33.5 Å². The number of fused-ring (bicyclic) bond motifs is 1. The molecule has 0 aliphatic heterocycles. The topological polar surface area (TPSA) is 164 Å². The Balaban J connectivity index is 1.28. The number of carbonyl (C=O) groups is 4. The smallest absolute Gasteiger partial charge is 0.423 e. The average Bonchev–Trinajstić information content (AvgIpc) is 3.94. The molecule has 0 bridgehead atoms. The van der Waals surface area contributed by atoms with Crippen LogP contribution in [0.5, 0.6) is 5.75 Å². The molecular weight excluding hydrogens is 568 g/mol. The van der Waals surface area contributed by atoms with Crippen molar-refractivity contribution in [2.75, 3.05) is 11.7 Å². The van der Waals surface area contributed by atoms with Crippen molar-refractivity contribution in [3.05, 3.63) is 83.3 Å². The van der Waals surface area contributed by atoms with E-state index in [2.05, 4.69) is 20.7 Å². The van der Waals surface area contributed by atoms with Crippen LogP contribution in [0, 0.1) is 6.92 Å². The Labute approximate surface area is 251 Å². The van der Waals surface area contributed by atoms with E-state index in [4.69, 9.17) is 9.47 Å². The first-order chi connectivity index (χ1) is 21.2. The summed E-state index contributed by atoms with van der Waals surface area (Å²) in [5, 5.41) is 19.5. The van der Waals surface area contributed by atoms with Crippen molar-refractivity contribution >= 4 is 40.9 Å². The molecule has 6 rings (SSSR count). The van der Waals surface area contributed by atoms with Crippen LogP contribution in [0.3, 0.4) is 0 Å². The molecule has 2 heterocycles. The Morgan fingerprint density at radius 2 is 1.61 bits per heavy atom. The predicted molar refractivity (Wildman–Crippen MR) is 157 cm³/mol. The third-order valence-corrected chi connectivity index (χ3v) is 7.27. The highest BCUT2D eigenvalue weighted by atomic mass is 16.7. The van der Waals surface area contributed by atoms with E-state index < -0.39 is 18.9 Å². The van der Waals surface area contributed by atoms with Gasteiger partial charge in [0.25, 0.3) is 11.8 Å². The molecule has 2 aliphatic rings. The molecule has 44 heavy (non-hydrogen) atoms. The number of benzene rings is 2. The molecule has 2 aromatic heterocycles. The van der Waals surface area contributed by atoms with Gasteiger partial charge >= 0.3 is 12.1 Å². The van der Waals surface area contributed by atoms with Gasteiger partial charge in [-0.3, -0.25) is 14.4 Å². The summed E-state index contributed by atoms with van der Waals surface area (Å²) < 4.78 is 12.0. The molecule has 13 nitrogen and oxygen atoms in total. The van der Waals surface area contributed by atoms with Crippen LogP contribution < -0.4 is 15.5 Å². The molecule has 2 aliphatic carbocycles. The minimum Gasteiger partial charge on any atom is -0.508 e. The number of esters is 1. The standard InChI is InChI=1S/C31H30N6O7/c1-18-2-5-20(29(40)34-22-6-7-22)13-25(18)37(31(42)44-17-43-27(39)12-19-3-10-24(38)11-4-19)28-26-14-21(15-36(26)33-16-32-28)30(41)35-23-8-9-23/h2-5,10-11,13-16,22-23,38H,6-9,12,17H2,1H3,(H,34,40)(H,35,41). The zero-order valence-corrected chi connectivity index (χ0v) is 23.9. The van der Waals surface area contributed by atoms with Crippen LogP contribution in [0.1, 0.15) is 57.5 Å². The van der Waals surface area contributed by atoms with Gasteiger partial charge in [0.05, 0.1) is 17.7 Å². The summed E-state index contributed by atoms with van der Waals surface area (Å²) >= 11 is 0. The number of aryl methyl sites for hydroxylation is 1. The number of phenols is 1. The van der Waals surface area contributed by atoms with Gasteiger partial charge in [0.15, 0.2) is 5.82 Å². The summed E-state index contributed by atoms with van der Waals surface area (Å²) in [5.74, 6) is -1.03. The fraction of sp³-hybridized carbons (Fsp3) is 0.290. The number of aromatic hydroxyl groups is 1. The normalized spacial score (nSPS) is 14.1. The number of amides is 3. The van der Waals surface area contributed by atoms with Crippen LogP contribution in [-0.2, 0) is 20.7 Å². The van der Waals surface area contributed by atoms with Crippen molar-refractivity contribution in [2.45, 2.75) is 51.1 Å². The van der Waals surface area contributed by atoms with E-state index in [1.807, 2.05) is 0 Å². The lowest BCUT2D eigenvalue weighted by molar-refractivity contribution is -0.150. The molecule has 4 aromatic rings. The van der Waals surface area contributed by atoms with Crippen molar-refractivity contribution in [2.24, 2.45) is 0 Å². The average molecular weight is 599 g/mol. The number of carbonyl (C=O) groups excluding carboxylic acids is 4. The molecule has 0 atom stereocenters. The lowest BCUT2D eigenvalue weighted by Crippen LogP contribution is -2.31. The highest BCUT2D eigenvalue weighted by Crippen LogP contribution is 2.33. The molecule has 2 saturated carbocycles. The van der Waals surface area contributed by atoms with E-state index in [9.17, 15) is 24.3 Å². The number of hydrogen-bond acceptors (Lipinski definition) is 9. The number of aromatic nitrogens is 3. The Morgan fingerprint density at radius 3 is 2.30 bits per heavy atom. The lowest BCUT2D eigenvalue weighted by Gasteiger charge is -2.24. The maximum absolute atomic E-state index is 13.7. The molecule has 3 N–H and O–H groups in total. The van der Waals surface area contributed by atoms with Crippen LogP contribution in [0.15, 0.2) is 61.1 Å². The van der Waals surface area contributed by atoms with Gasteiger partial charge in [-0.2, -0.15) is 5.10 Å². The number of nitrogens with one attached hydrogen (secondary N) is 2. The molecule has 3 amide bonds. The van der Waals surface area contributed by atoms with Crippen molar-refractivity contribution in [3.8, 4) is 5.75 Å². The molecule has 2 aromatic carbocycles. The zero-order chi connectivity index (χ0) is 30.8. The number of hydrogen-bond donors (Lipinski definition) is 3. The molecule has 2 fully saturated rings. The SMILES string of the molecule is Cc1ccc(C(=O)NC2CC2)cc1N(C(=O)OCOC(=O)Cc1ccc(O)cc1)c1ncnn2cc(C(=O)NC3CC3)cc12. The second-order valence-corrected chi connectivity index (χ2v) is 10.9. The van der Waals surface area contributed by atoms with Gasteiger partial charge in [-0.15, -0.1) is 0 Å². The number of phenolic OH excluding ortho intramolecular Hbond substituents is 1. The van der Waals surface area contributed by atoms with Crippen molar-refractivity contribution < 1.29 is 33.8 Å². The van der Waals surface area contributed by atoms with Crippen LogP contribution in [0.2, 0.25) is 0 Å². The van der Waals surface area contributed by atoms with Crippen LogP contribution in [0.4, 0.5) is 16.3 Å². The quantitative estimate of drug-likeness (QED) is 0.183. The van der Waals surface area contributed by atoms with Gasteiger partial charge in [0, 0.05) is 23.8 Å². The summed E-state index contributed by atoms with van der Waals surface area (Å²) in [6.07, 6.45) is 5.43. The van der Waals surface area contributed by atoms with Crippen LogP contribution >= 0.6 is 0 Å². The minimum atomic E-state index is -0.934. The fourth-order valence-corrected chi connectivity index (χ4v) is 4.54. The predicted octanol–water partition coefficient (Wildman–Crippen LogP) is 3.55. The summed E-state index contributed by atoms with van der Waals surface area (Å²) in [7, 11) is 0. The van der Waals surface area contributed by atoms with E-state index in [0.717, 1.165) is 30.6 Å². The van der Waals surface area contributed by atoms with Gasteiger partial charge in [0.1, 0.15) is 17.6 Å². The van der Waals surface area contributed by atoms with E-state index >= 15 is 0 Å². The molecule has 13 heteroatoms. The maximum Gasteiger partial charge on any atom is 0.423 e. The van der Waals surface area contributed by atoms with Gasteiger partial charge in [-0.1, -0.05) is 18.2 Å². The summed E-state index contributed by atoms with van der Waals surface area (Å²) in [6, 6.07) is 12.8. The second kappa shape index (κ2) is 12.0. The first-order valence-electron chi connectivity index (χ1n) is 14.2. The maximum atomic E-state index is 13.7. The van der Waals surface area contributed by atoms with Gasteiger partial charge in [0.2, 0.25) is 6.79 Å². The Morgan fingerprint density at radius 1 is 0.932 bits per heavy atom. The molecule has 0 saturated heterocycles. The highest BCUT2D eigenvalue weighted by molar-refractivity contribution is 6.03. The van der Waals surface area contributed by atoms with E-state index in [1.54, 1.807) is 49.5 Å². The highest BCUT2D eigenvalue weighted by Gasteiger charge is 2.30. The number of rotatable bonds is 10. The minimum absolute atomic E-state index is 0.0676. The Hall–Kier alpha value is -5.46. The van der Waals surface area contributed by atoms with E-state index in [-0.39, 0.29) is 41.9 Å². The third kappa shape index (κ3) is 6.61. The zero-order valence-electron chi connectivity index (χ0n) is 23.9. The third-order valence-electron chi connectivity index (χ3n) is 7.27. The summed E-state index contributed by atoms with van der Waals surface area (Å²) in [6.45, 7) is 1.07. The number of ether oxygens (including phenoxy) is 2. The molecule has 0 unspecified atom stereocenters. The summed E-state index contributed by atoms with van der Waals surface area (Å²) in [4.78, 5) is 57.3. The second-order valence-electron chi connectivity index (χ2n) is 10.9. The van der Waals surface area contributed by atoms with Crippen molar-refractivity contribution in [1.82, 2.24) is 25.2 Å². The van der Waals surface area contributed by atoms with Crippen LogP contribution in [0.25, 0.3) is 5.52 Å². The Bertz CT molecular complexity index is 1740. The monoisotopic (exact) mass is 598 g/mol. The molecule has 0 spiro atoms. The Kier molecular flexibility index (Phi) is 7.84. The van der Waals surface area contributed by atoms with Gasteiger partial charge in [-0.05, 0) is 74.1 Å². The lowest BCUT2D eigenvalue weighted by atomic mass is 10.1. The van der Waals surface area contributed by atoms with Gasteiger partial charge in [-0.25, -0.2) is 19.2 Å². The van der Waals surface area contributed by atoms with Gasteiger partial charge < -0.3 is 25.2 Å². The first kappa shape index (κ1) is 28.6. The molecular formula is C31H30N6O7. The number of nitrogens with zero attached hydrogens (tertiary/aromatic N) is 4. The largest absolute Gasteiger partial charge is 0.508 e. The van der Waals surface area contributed by atoms with Crippen LogP contribution in [-0.4, -0.2) is 62.5 Å². The number of anilines is 2.